The number of nitrogens with two attached hydrogens (primary N) is 1. The molecule has 0 radical (unpaired) electrons. The third kappa shape index (κ3) is 4.86. The second-order valence-corrected chi connectivity index (χ2v) is 7.00. The van der Waals surface area contributed by atoms with Crippen molar-refractivity contribution >= 4 is 21.4 Å². The number of ether oxygens (including phenoxy) is 1. The number of hydrogen-bond donors (Lipinski definition) is 3. The third-order valence-corrected chi connectivity index (χ3v) is 4.94. The van der Waals surface area contributed by atoms with Gasteiger partial charge in [0.25, 0.3) is 5.91 Å². The number of aliphatic hydroxyl groups is 1. The molecule has 0 saturated carbocycles. The fourth-order valence-corrected chi connectivity index (χ4v) is 3.42. The molecule has 146 valence electrons. The summed E-state index contributed by atoms with van der Waals surface area (Å²) in [5.74, 6) is -1.65. The number of benzene rings is 1. The number of aliphatic hydroxyl groups excluding tert-OH is 1. The maximum atomic E-state index is 12.7. The minimum atomic E-state index is -5.09. The summed E-state index contributed by atoms with van der Waals surface area (Å²) >= 11 is 0. The van der Waals surface area contributed by atoms with E-state index in [1.807, 2.05) is 0 Å². The Morgan fingerprint density at radius 1 is 1.30 bits per heavy atom. The largest absolute Gasteiger partial charge is 0.573 e. The molecule has 0 aliphatic rings. The molecule has 0 aliphatic carbocycles. The fraction of sp³-hybridized carbons (Fsp3) is 0.200. The molecule has 0 fully saturated rings. The van der Waals surface area contributed by atoms with E-state index in [2.05, 4.69) is 15.0 Å². The molecular formula is C15H14F3N3O5S. The van der Waals surface area contributed by atoms with Crippen LogP contribution < -0.4 is 15.8 Å². The quantitative estimate of drug-likeness (QED) is 0.656. The Bertz CT molecular complexity index is 948. The Morgan fingerprint density at radius 3 is 2.56 bits per heavy atom. The number of hydrogen-bond acceptors (Lipinski definition) is 7. The number of nitrogens with one attached hydrogen (secondary N) is 1. The van der Waals surface area contributed by atoms with Crippen molar-refractivity contribution in [2.24, 2.45) is 0 Å². The van der Waals surface area contributed by atoms with Gasteiger partial charge in [0.1, 0.15) is 10.6 Å². The van der Waals surface area contributed by atoms with Gasteiger partial charge in [0.2, 0.25) is 9.84 Å². The number of sulfone groups is 1. The second-order valence-electron chi connectivity index (χ2n) is 5.09. The summed E-state index contributed by atoms with van der Waals surface area (Å²) in [5.41, 5.74) is 5.05. The van der Waals surface area contributed by atoms with Crippen LogP contribution in [0.25, 0.3) is 0 Å². The van der Waals surface area contributed by atoms with Crippen molar-refractivity contribution in [2.75, 3.05) is 18.9 Å². The van der Waals surface area contributed by atoms with Gasteiger partial charge in [-0.2, -0.15) is 0 Å². The van der Waals surface area contributed by atoms with Crippen LogP contribution in [-0.4, -0.2) is 43.9 Å². The molecule has 0 unspecified atom stereocenters. The Morgan fingerprint density at radius 2 is 1.96 bits per heavy atom. The number of anilines is 1. The topological polar surface area (TPSA) is 132 Å². The number of aromatic nitrogens is 1. The predicted molar refractivity (Wildman–Crippen MR) is 86.6 cm³/mol. The van der Waals surface area contributed by atoms with Crippen molar-refractivity contribution < 1.29 is 36.2 Å². The minimum absolute atomic E-state index is 0.0673. The molecule has 4 N–H and O–H groups in total. The van der Waals surface area contributed by atoms with Crippen molar-refractivity contribution in [1.82, 2.24) is 10.3 Å². The number of nitrogens with zero attached hydrogens (tertiary/aromatic N) is 1. The summed E-state index contributed by atoms with van der Waals surface area (Å²) in [6, 6.07) is 5.10. The van der Waals surface area contributed by atoms with Crippen molar-refractivity contribution in [2.45, 2.75) is 16.2 Å². The first-order chi connectivity index (χ1) is 12.6. The molecule has 0 aliphatic heterocycles. The molecule has 2 rings (SSSR count). The van der Waals surface area contributed by atoms with E-state index in [0.29, 0.717) is 0 Å². The van der Waals surface area contributed by atoms with Crippen LogP contribution in [-0.2, 0) is 9.84 Å². The highest BCUT2D eigenvalue weighted by Crippen LogP contribution is 2.33. The average Bonchev–Trinajstić information content (AvgIpc) is 2.58. The van der Waals surface area contributed by atoms with Gasteiger partial charge in [0, 0.05) is 12.7 Å². The first kappa shape index (κ1) is 20.5. The van der Waals surface area contributed by atoms with E-state index in [9.17, 15) is 26.4 Å². The van der Waals surface area contributed by atoms with E-state index < -0.39 is 37.6 Å². The van der Waals surface area contributed by atoms with Gasteiger partial charge >= 0.3 is 6.36 Å². The summed E-state index contributed by atoms with van der Waals surface area (Å²) in [6.07, 6.45) is -4.29. The molecule has 2 aromatic rings. The Labute approximate surface area is 151 Å². The molecule has 1 heterocycles. The molecule has 1 aromatic carbocycles. The number of halogens is 3. The van der Waals surface area contributed by atoms with E-state index in [-0.39, 0.29) is 24.5 Å². The number of pyridine rings is 1. The fourth-order valence-electron chi connectivity index (χ4n) is 2.06. The number of carbonyl (C=O) groups excluding carboxylic acids is 1. The number of nitrogen functional groups attached to an aromatic ring is 1. The van der Waals surface area contributed by atoms with Gasteiger partial charge < -0.3 is 20.9 Å². The van der Waals surface area contributed by atoms with Crippen molar-refractivity contribution in [3.05, 3.63) is 42.2 Å². The smallest absolute Gasteiger partial charge is 0.404 e. The molecule has 0 bridgehead atoms. The molecule has 12 heteroatoms. The number of amides is 1. The normalized spacial score (nSPS) is 11.9. The van der Waals surface area contributed by atoms with E-state index in [1.165, 1.54) is 12.1 Å². The van der Waals surface area contributed by atoms with E-state index in [0.717, 1.165) is 24.4 Å². The number of rotatable bonds is 6. The van der Waals surface area contributed by atoms with E-state index in [1.54, 1.807) is 0 Å². The summed E-state index contributed by atoms with van der Waals surface area (Å²) in [6.45, 7) is -0.393. The van der Waals surface area contributed by atoms with Crippen LogP contribution in [0.1, 0.15) is 10.5 Å². The number of alkyl halides is 3. The lowest BCUT2D eigenvalue weighted by Gasteiger charge is -2.14. The van der Waals surface area contributed by atoms with Gasteiger partial charge in [-0.1, -0.05) is 12.1 Å². The Balaban J connectivity index is 2.44. The van der Waals surface area contributed by atoms with Crippen molar-refractivity contribution in [3.63, 3.8) is 0 Å². The first-order valence-corrected chi connectivity index (χ1v) is 8.79. The lowest BCUT2D eigenvalue weighted by atomic mass is 10.3. The van der Waals surface area contributed by atoms with Gasteiger partial charge in [-0.05, 0) is 18.2 Å². The molecule has 0 spiro atoms. The predicted octanol–water partition coefficient (Wildman–Crippen LogP) is 1.12. The molecule has 8 nitrogen and oxygen atoms in total. The van der Waals surface area contributed by atoms with Gasteiger partial charge in [-0.25, -0.2) is 13.4 Å². The molecule has 27 heavy (non-hydrogen) atoms. The van der Waals surface area contributed by atoms with E-state index in [4.69, 9.17) is 10.8 Å². The van der Waals surface area contributed by atoms with Crippen molar-refractivity contribution in [1.29, 1.82) is 0 Å². The van der Waals surface area contributed by atoms with Gasteiger partial charge in [-0.3, -0.25) is 4.79 Å². The SMILES string of the molecule is Nc1cc(S(=O)(=O)c2ccccc2OC(F)(F)F)cnc1C(=O)NCCO. The summed E-state index contributed by atoms with van der Waals surface area (Å²) < 4.78 is 66.6. The average molecular weight is 405 g/mol. The van der Waals surface area contributed by atoms with Crippen LogP contribution in [0, 0.1) is 0 Å². The zero-order chi connectivity index (χ0) is 20.2. The summed E-state index contributed by atoms with van der Waals surface area (Å²) in [7, 11) is -4.46. The Hall–Kier alpha value is -2.86. The lowest BCUT2D eigenvalue weighted by Crippen LogP contribution is -2.28. The summed E-state index contributed by atoms with van der Waals surface area (Å²) in [4.78, 5) is 14.2. The molecule has 1 aromatic heterocycles. The monoisotopic (exact) mass is 405 g/mol. The maximum Gasteiger partial charge on any atom is 0.573 e. The minimum Gasteiger partial charge on any atom is -0.404 e. The second kappa shape index (κ2) is 7.80. The van der Waals surface area contributed by atoms with Crippen LogP contribution in [0.5, 0.6) is 5.75 Å². The molecule has 1 amide bonds. The van der Waals surface area contributed by atoms with Crippen LogP contribution in [0.3, 0.4) is 0 Å². The van der Waals surface area contributed by atoms with Gasteiger partial charge in [-0.15, -0.1) is 13.2 Å². The standard InChI is InChI=1S/C15H14F3N3O5S/c16-15(17,18)26-11-3-1-2-4-12(11)27(24,25)9-7-10(19)13(21-8-9)14(23)20-5-6-22/h1-4,7-8,22H,5-6,19H2,(H,20,23). The lowest BCUT2D eigenvalue weighted by molar-refractivity contribution is -0.275. The van der Waals surface area contributed by atoms with Crippen LogP contribution in [0.15, 0.2) is 46.3 Å². The van der Waals surface area contributed by atoms with Crippen molar-refractivity contribution in [3.8, 4) is 5.75 Å². The van der Waals surface area contributed by atoms with Crippen LogP contribution in [0.2, 0.25) is 0 Å². The zero-order valence-corrected chi connectivity index (χ0v) is 14.3. The van der Waals surface area contributed by atoms with Gasteiger partial charge in [0.15, 0.2) is 5.69 Å². The highest BCUT2D eigenvalue weighted by Gasteiger charge is 2.34. The first-order valence-electron chi connectivity index (χ1n) is 7.30. The zero-order valence-electron chi connectivity index (χ0n) is 13.5. The number of carbonyl (C=O) groups is 1. The van der Waals surface area contributed by atoms with Gasteiger partial charge in [0.05, 0.1) is 17.2 Å². The number of para-hydroxylation sites is 1. The maximum absolute atomic E-state index is 12.7. The van der Waals surface area contributed by atoms with Crippen LogP contribution >= 0.6 is 0 Å². The summed E-state index contributed by atoms with van der Waals surface area (Å²) in [5, 5.41) is 11.0. The highest BCUT2D eigenvalue weighted by molar-refractivity contribution is 7.91. The molecular weight excluding hydrogens is 391 g/mol. The molecule has 0 atom stereocenters. The highest BCUT2D eigenvalue weighted by atomic mass is 32.2. The third-order valence-electron chi connectivity index (χ3n) is 3.18. The Kier molecular flexibility index (Phi) is 5.91. The molecule has 0 saturated heterocycles. The van der Waals surface area contributed by atoms with Crippen LogP contribution in [0.4, 0.5) is 18.9 Å². The van der Waals surface area contributed by atoms with E-state index >= 15 is 0 Å².